The van der Waals surface area contributed by atoms with E-state index >= 15 is 0 Å². The maximum absolute atomic E-state index is 13.4. The maximum atomic E-state index is 13.4. The number of rotatable bonds is 1. The van der Waals surface area contributed by atoms with Gasteiger partial charge in [0.2, 0.25) is 5.65 Å². The van der Waals surface area contributed by atoms with Gasteiger partial charge >= 0.3 is 6.18 Å². The van der Waals surface area contributed by atoms with E-state index in [4.69, 9.17) is 12.2 Å². The van der Waals surface area contributed by atoms with Gasteiger partial charge in [0.1, 0.15) is 0 Å². The van der Waals surface area contributed by atoms with Gasteiger partial charge in [-0.05, 0) is 24.4 Å². The van der Waals surface area contributed by atoms with Gasteiger partial charge in [0, 0.05) is 12.4 Å². The van der Waals surface area contributed by atoms with Gasteiger partial charge in [-0.1, -0.05) is 0 Å². The SMILES string of the molecule is O=c1[nH]c2cc(C(F)(F)F)c(-n3ccnc3)cc2n2c(=S)[nH]nc12. The number of imidazole rings is 1. The fourth-order valence-electron chi connectivity index (χ4n) is 2.56. The Bertz CT molecular complexity index is 1180. The topological polar surface area (TPSA) is 83.8 Å². The number of hydrogen-bond donors (Lipinski definition) is 2. The van der Waals surface area contributed by atoms with Crippen molar-refractivity contribution in [3.05, 3.63) is 51.5 Å². The molecule has 0 saturated heterocycles. The summed E-state index contributed by atoms with van der Waals surface area (Å²) in [6.45, 7) is 0. The Balaban J connectivity index is 2.22. The van der Waals surface area contributed by atoms with Crippen molar-refractivity contribution in [3.63, 3.8) is 0 Å². The van der Waals surface area contributed by atoms with Crippen LogP contribution in [0.1, 0.15) is 5.56 Å². The molecule has 0 spiro atoms. The molecule has 4 aromatic rings. The molecule has 0 aliphatic rings. The van der Waals surface area contributed by atoms with Gasteiger partial charge in [0.15, 0.2) is 4.77 Å². The molecule has 4 rings (SSSR count). The second-order valence-electron chi connectivity index (χ2n) is 5.00. The summed E-state index contributed by atoms with van der Waals surface area (Å²) < 4.78 is 42.9. The summed E-state index contributed by atoms with van der Waals surface area (Å²) in [6.07, 6.45) is -0.588. The number of nitrogens with one attached hydrogen (secondary N) is 2. The molecule has 3 heterocycles. The van der Waals surface area contributed by atoms with Gasteiger partial charge < -0.3 is 9.55 Å². The van der Waals surface area contributed by atoms with E-state index in [2.05, 4.69) is 20.2 Å². The van der Waals surface area contributed by atoms with E-state index in [1.807, 2.05) is 0 Å². The van der Waals surface area contributed by atoms with Gasteiger partial charge in [0.25, 0.3) is 5.56 Å². The molecule has 0 aliphatic carbocycles. The smallest absolute Gasteiger partial charge is 0.317 e. The van der Waals surface area contributed by atoms with E-state index in [1.54, 1.807) is 0 Å². The van der Waals surface area contributed by atoms with Crippen LogP contribution >= 0.6 is 12.2 Å². The van der Waals surface area contributed by atoms with Crippen LogP contribution in [-0.4, -0.2) is 29.1 Å². The number of nitrogens with zero attached hydrogens (tertiary/aromatic N) is 4. The molecule has 11 heteroatoms. The van der Waals surface area contributed by atoms with Gasteiger partial charge in [-0.25, -0.2) is 4.98 Å². The molecule has 0 fully saturated rings. The summed E-state index contributed by atoms with van der Waals surface area (Å²) in [4.78, 5) is 18.2. The monoisotopic (exact) mass is 352 g/mol. The van der Waals surface area contributed by atoms with Crippen LogP contribution in [0.15, 0.2) is 35.6 Å². The predicted octanol–water partition coefficient (Wildman–Crippen LogP) is 2.44. The number of fused-ring (bicyclic) bond motifs is 3. The molecule has 122 valence electrons. The molecular weight excluding hydrogens is 345 g/mol. The molecule has 3 aromatic heterocycles. The summed E-state index contributed by atoms with van der Waals surface area (Å²) in [5.74, 6) is 0. The zero-order valence-corrected chi connectivity index (χ0v) is 12.4. The van der Waals surface area contributed by atoms with E-state index in [1.165, 1.54) is 33.8 Å². The Morgan fingerprint density at radius 2 is 2.04 bits per heavy atom. The first-order valence-corrected chi connectivity index (χ1v) is 7.00. The number of halogens is 3. The van der Waals surface area contributed by atoms with Crippen LogP contribution in [-0.2, 0) is 6.18 Å². The van der Waals surface area contributed by atoms with Crippen LogP contribution in [0.4, 0.5) is 13.2 Å². The maximum Gasteiger partial charge on any atom is 0.418 e. The van der Waals surface area contributed by atoms with Crippen LogP contribution in [0.2, 0.25) is 0 Å². The quantitative estimate of drug-likeness (QED) is 0.516. The summed E-state index contributed by atoms with van der Waals surface area (Å²) in [6, 6.07) is 2.16. The minimum absolute atomic E-state index is 0.00110. The van der Waals surface area contributed by atoms with Crippen molar-refractivity contribution >= 4 is 28.9 Å². The van der Waals surface area contributed by atoms with Crippen LogP contribution in [0, 0.1) is 4.77 Å². The van der Waals surface area contributed by atoms with Crippen molar-refractivity contribution in [3.8, 4) is 5.69 Å². The number of hydrogen-bond acceptors (Lipinski definition) is 4. The zero-order chi connectivity index (χ0) is 17.1. The third-order valence-corrected chi connectivity index (χ3v) is 3.84. The number of alkyl halides is 3. The highest BCUT2D eigenvalue weighted by Crippen LogP contribution is 2.35. The van der Waals surface area contributed by atoms with Gasteiger partial charge in [-0.2, -0.15) is 13.2 Å². The lowest BCUT2D eigenvalue weighted by atomic mass is 10.1. The Morgan fingerprint density at radius 3 is 2.71 bits per heavy atom. The number of aromatic nitrogens is 6. The van der Waals surface area contributed by atoms with E-state index < -0.39 is 17.3 Å². The van der Waals surface area contributed by atoms with Crippen LogP contribution in [0.25, 0.3) is 22.4 Å². The molecule has 0 unspecified atom stereocenters. The second kappa shape index (κ2) is 4.77. The van der Waals surface area contributed by atoms with Crippen molar-refractivity contribution in [2.45, 2.75) is 6.18 Å². The van der Waals surface area contributed by atoms with Gasteiger partial charge in [0.05, 0.1) is 28.6 Å². The summed E-state index contributed by atoms with van der Waals surface area (Å²) in [7, 11) is 0. The number of H-pyrrole nitrogens is 2. The number of aromatic amines is 2. The molecular formula is C13H7F3N6OS. The molecule has 0 bridgehead atoms. The molecule has 0 amide bonds. The standard InChI is InChI=1S/C13H7F3N6OS/c14-13(15,16)6-3-7-9(4-8(6)21-2-1-17-5-21)22-10(11(23)18-7)19-20-12(22)24/h1-5H,(H,18,23)(H,20,24). The molecule has 2 N–H and O–H groups in total. The van der Waals surface area contributed by atoms with Crippen molar-refractivity contribution < 1.29 is 13.2 Å². The Labute approximate surface area is 135 Å². The minimum atomic E-state index is -4.61. The molecule has 7 nitrogen and oxygen atoms in total. The number of benzene rings is 1. The highest BCUT2D eigenvalue weighted by Gasteiger charge is 2.35. The third kappa shape index (κ3) is 2.05. The fraction of sp³-hybridized carbons (Fsp3) is 0.0769. The van der Waals surface area contributed by atoms with E-state index in [9.17, 15) is 18.0 Å². The Morgan fingerprint density at radius 1 is 1.25 bits per heavy atom. The van der Waals surface area contributed by atoms with E-state index in [-0.39, 0.29) is 21.6 Å². The normalized spacial score (nSPS) is 12.3. The highest BCUT2D eigenvalue weighted by molar-refractivity contribution is 7.71. The van der Waals surface area contributed by atoms with Crippen molar-refractivity contribution in [1.29, 1.82) is 0 Å². The molecule has 1 aromatic carbocycles. The highest BCUT2D eigenvalue weighted by atomic mass is 32.1. The third-order valence-electron chi connectivity index (χ3n) is 3.57. The van der Waals surface area contributed by atoms with E-state index in [0.29, 0.717) is 5.52 Å². The average molecular weight is 352 g/mol. The average Bonchev–Trinajstić information content (AvgIpc) is 3.16. The summed E-state index contributed by atoms with van der Waals surface area (Å²) in [5.41, 5.74) is -1.41. The lowest BCUT2D eigenvalue weighted by Gasteiger charge is -2.15. The molecule has 0 aliphatic heterocycles. The second-order valence-corrected chi connectivity index (χ2v) is 5.38. The zero-order valence-electron chi connectivity index (χ0n) is 11.6. The van der Waals surface area contributed by atoms with Crippen molar-refractivity contribution in [2.24, 2.45) is 0 Å². The summed E-state index contributed by atoms with van der Waals surface area (Å²) >= 11 is 5.07. The largest absolute Gasteiger partial charge is 0.418 e. The fourth-order valence-corrected chi connectivity index (χ4v) is 2.79. The lowest BCUT2D eigenvalue weighted by Crippen LogP contribution is -2.15. The molecule has 24 heavy (non-hydrogen) atoms. The predicted molar refractivity (Wildman–Crippen MR) is 80.6 cm³/mol. The molecule has 0 atom stereocenters. The van der Waals surface area contributed by atoms with Crippen LogP contribution in [0.5, 0.6) is 0 Å². The summed E-state index contributed by atoms with van der Waals surface area (Å²) in [5, 5.41) is 6.26. The van der Waals surface area contributed by atoms with Gasteiger partial charge in [-0.3, -0.25) is 14.3 Å². The van der Waals surface area contributed by atoms with Crippen molar-refractivity contribution in [2.75, 3.05) is 0 Å². The first-order valence-electron chi connectivity index (χ1n) is 6.59. The Kier molecular flexibility index (Phi) is 2.91. The van der Waals surface area contributed by atoms with Crippen LogP contribution < -0.4 is 5.56 Å². The Hall–Kier alpha value is -2.95. The lowest BCUT2D eigenvalue weighted by molar-refractivity contribution is -0.137. The van der Waals surface area contributed by atoms with Crippen LogP contribution in [0.3, 0.4) is 0 Å². The van der Waals surface area contributed by atoms with Crippen molar-refractivity contribution in [1.82, 2.24) is 29.1 Å². The minimum Gasteiger partial charge on any atom is -0.317 e. The molecule has 0 saturated carbocycles. The molecule has 0 radical (unpaired) electrons. The first-order chi connectivity index (χ1) is 11.4. The van der Waals surface area contributed by atoms with Gasteiger partial charge in [-0.15, -0.1) is 5.10 Å². The first kappa shape index (κ1) is 14.6. The van der Waals surface area contributed by atoms with E-state index in [0.717, 1.165) is 6.07 Å².